The highest BCUT2D eigenvalue weighted by Gasteiger charge is 2.27. The van der Waals surface area contributed by atoms with E-state index >= 15 is 0 Å². The van der Waals surface area contributed by atoms with Crippen molar-refractivity contribution in [3.8, 4) is 0 Å². The Morgan fingerprint density at radius 3 is 2.44 bits per heavy atom. The molecule has 2 atom stereocenters. The minimum absolute atomic E-state index is 0.344. The first kappa shape index (κ1) is 16.0. The highest BCUT2D eigenvalue weighted by molar-refractivity contribution is 4.81. The van der Waals surface area contributed by atoms with Crippen molar-refractivity contribution in [3.63, 3.8) is 0 Å². The summed E-state index contributed by atoms with van der Waals surface area (Å²) in [5.41, 5.74) is 0.482. The summed E-state index contributed by atoms with van der Waals surface area (Å²) < 4.78 is 0. The molecule has 0 aliphatic heterocycles. The van der Waals surface area contributed by atoms with Crippen LogP contribution in [0.4, 0.5) is 0 Å². The number of hydrogen-bond acceptors (Lipinski definition) is 2. The molecule has 0 spiro atoms. The summed E-state index contributed by atoms with van der Waals surface area (Å²) in [4.78, 5) is 0. The average Bonchev–Trinajstić information content (AvgIpc) is 2.53. The number of aliphatic hydroxyl groups is 1. The zero-order valence-electron chi connectivity index (χ0n) is 12.7. The Hall–Kier alpha value is -0.0800. The molecular weight excluding hydrogens is 222 g/mol. The van der Waals surface area contributed by atoms with Crippen LogP contribution in [0.1, 0.15) is 72.1 Å². The topological polar surface area (TPSA) is 32.3 Å². The quantitative estimate of drug-likeness (QED) is 0.560. The third kappa shape index (κ3) is 6.19. The van der Waals surface area contributed by atoms with E-state index in [1.165, 1.54) is 38.5 Å². The van der Waals surface area contributed by atoms with Crippen molar-refractivity contribution in [2.75, 3.05) is 13.2 Å². The normalized spacial score (nSPS) is 26.0. The summed E-state index contributed by atoms with van der Waals surface area (Å²) in [5.74, 6) is 0.902. The molecule has 2 nitrogen and oxygen atoms in total. The van der Waals surface area contributed by atoms with Gasteiger partial charge < -0.3 is 10.4 Å². The van der Waals surface area contributed by atoms with Crippen LogP contribution in [0, 0.1) is 11.3 Å². The Bertz CT molecular complexity index is 210. The van der Waals surface area contributed by atoms with Crippen molar-refractivity contribution in [3.05, 3.63) is 0 Å². The third-order valence-electron chi connectivity index (χ3n) is 4.46. The van der Waals surface area contributed by atoms with E-state index in [4.69, 9.17) is 5.11 Å². The molecule has 1 aliphatic rings. The van der Waals surface area contributed by atoms with E-state index < -0.39 is 0 Å². The number of unbranched alkanes of at least 4 members (excludes halogenated alkanes) is 2. The molecule has 1 rings (SSSR count). The number of aliphatic hydroxyl groups excluding tert-OH is 1. The zero-order chi connectivity index (χ0) is 13.4. The van der Waals surface area contributed by atoms with Gasteiger partial charge in [-0.1, -0.05) is 27.2 Å². The summed E-state index contributed by atoms with van der Waals surface area (Å²) in [5, 5.41) is 12.4. The summed E-state index contributed by atoms with van der Waals surface area (Å²) >= 11 is 0. The van der Waals surface area contributed by atoms with Crippen LogP contribution in [0.15, 0.2) is 0 Å². The number of nitrogens with one attached hydrogen (secondary N) is 1. The van der Waals surface area contributed by atoms with Crippen LogP contribution in [0.25, 0.3) is 0 Å². The smallest absolute Gasteiger partial charge is 0.0431 e. The number of rotatable bonds is 6. The third-order valence-corrected chi connectivity index (χ3v) is 4.46. The Labute approximate surface area is 114 Å². The summed E-state index contributed by atoms with van der Waals surface area (Å²) in [6, 6.07) is 0.742. The summed E-state index contributed by atoms with van der Waals surface area (Å²) in [6.45, 7) is 8.64. The number of hydrogen-bond donors (Lipinski definition) is 2. The Morgan fingerprint density at radius 1 is 1.00 bits per heavy atom. The molecule has 0 aromatic carbocycles. The van der Waals surface area contributed by atoms with Gasteiger partial charge in [-0.05, 0) is 62.8 Å². The van der Waals surface area contributed by atoms with Gasteiger partial charge in [0.05, 0.1) is 0 Å². The van der Waals surface area contributed by atoms with E-state index in [0.29, 0.717) is 12.0 Å². The molecule has 2 heteroatoms. The van der Waals surface area contributed by atoms with Crippen LogP contribution in [0.3, 0.4) is 0 Å². The SMILES string of the molecule is CC(C)(C)C1CCCC(NCCCCCO)CC1. The molecule has 0 aromatic rings. The minimum atomic E-state index is 0.344. The standard InChI is InChI=1S/C16H33NO/c1-16(2,3)14-8-7-9-15(11-10-14)17-12-5-4-6-13-18/h14-15,17-18H,4-13H2,1-3H3. The van der Waals surface area contributed by atoms with Gasteiger partial charge in [0.15, 0.2) is 0 Å². The van der Waals surface area contributed by atoms with Crippen molar-refractivity contribution in [1.29, 1.82) is 0 Å². The monoisotopic (exact) mass is 255 g/mol. The second-order valence-electron chi connectivity index (χ2n) is 7.01. The fourth-order valence-electron chi connectivity index (χ4n) is 3.09. The molecular formula is C16H33NO. The van der Waals surface area contributed by atoms with Gasteiger partial charge in [0.1, 0.15) is 0 Å². The van der Waals surface area contributed by atoms with Gasteiger partial charge in [-0.3, -0.25) is 0 Å². The van der Waals surface area contributed by atoms with Gasteiger partial charge in [-0.2, -0.15) is 0 Å². The molecule has 0 bridgehead atoms. The fraction of sp³-hybridized carbons (Fsp3) is 1.00. The van der Waals surface area contributed by atoms with Gasteiger partial charge in [0, 0.05) is 12.6 Å². The van der Waals surface area contributed by atoms with Crippen molar-refractivity contribution in [1.82, 2.24) is 5.32 Å². The van der Waals surface area contributed by atoms with E-state index in [-0.39, 0.29) is 0 Å². The largest absolute Gasteiger partial charge is 0.396 e. The molecule has 1 aliphatic carbocycles. The second-order valence-corrected chi connectivity index (χ2v) is 7.01. The van der Waals surface area contributed by atoms with Crippen molar-refractivity contribution in [2.45, 2.75) is 78.2 Å². The summed E-state index contributed by atoms with van der Waals surface area (Å²) in [6.07, 6.45) is 10.2. The lowest BCUT2D eigenvalue weighted by molar-refractivity contribution is 0.213. The van der Waals surface area contributed by atoms with Crippen LogP contribution >= 0.6 is 0 Å². The molecule has 0 saturated heterocycles. The zero-order valence-corrected chi connectivity index (χ0v) is 12.7. The van der Waals surface area contributed by atoms with Crippen LogP contribution in [0.2, 0.25) is 0 Å². The van der Waals surface area contributed by atoms with Crippen molar-refractivity contribution in [2.24, 2.45) is 11.3 Å². The molecule has 2 unspecified atom stereocenters. The van der Waals surface area contributed by atoms with E-state index in [9.17, 15) is 0 Å². The lowest BCUT2D eigenvalue weighted by Crippen LogP contribution is -2.29. The minimum Gasteiger partial charge on any atom is -0.396 e. The molecule has 0 amide bonds. The first-order valence-corrected chi connectivity index (χ1v) is 7.88. The molecule has 0 radical (unpaired) electrons. The Morgan fingerprint density at radius 2 is 1.78 bits per heavy atom. The molecule has 108 valence electrons. The van der Waals surface area contributed by atoms with Crippen LogP contribution < -0.4 is 5.32 Å². The van der Waals surface area contributed by atoms with Crippen LogP contribution in [-0.4, -0.2) is 24.3 Å². The molecule has 2 N–H and O–H groups in total. The van der Waals surface area contributed by atoms with Gasteiger partial charge in [-0.15, -0.1) is 0 Å². The maximum Gasteiger partial charge on any atom is 0.0431 e. The maximum atomic E-state index is 8.74. The summed E-state index contributed by atoms with van der Waals surface area (Å²) in [7, 11) is 0. The molecule has 18 heavy (non-hydrogen) atoms. The highest BCUT2D eigenvalue weighted by Crippen LogP contribution is 2.36. The fourth-order valence-corrected chi connectivity index (χ4v) is 3.09. The van der Waals surface area contributed by atoms with Gasteiger partial charge in [-0.25, -0.2) is 0 Å². The first-order chi connectivity index (χ1) is 8.54. The van der Waals surface area contributed by atoms with Crippen molar-refractivity contribution >= 4 is 0 Å². The van der Waals surface area contributed by atoms with Crippen LogP contribution in [-0.2, 0) is 0 Å². The second kappa shape index (κ2) is 8.16. The average molecular weight is 255 g/mol. The van der Waals surface area contributed by atoms with Crippen LogP contribution in [0.5, 0.6) is 0 Å². The van der Waals surface area contributed by atoms with E-state index in [1.807, 2.05) is 0 Å². The molecule has 1 fully saturated rings. The molecule has 1 saturated carbocycles. The maximum absolute atomic E-state index is 8.74. The lowest BCUT2D eigenvalue weighted by Gasteiger charge is -2.29. The van der Waals surface area contributed by atoms with Gasteiger partial charge in [0.25, 0.3) is 0 Å². The Balaban J connectivity index is 2.17. The van der Waals surface area contributed by atoms with Crippen molar-refractivity contribution < 1.29 is 5.11 Å². The molecule has 0 aromatic heterocycles. The van der Waals surface area contributed by atoms with E-state index in [2.05, 4.69) is 26.1 Å². The van der Waals surface area contributed by atoms with Gasteiger partial charge in [0.2, 0.25) is 0 Å². The van der Waals surface area contributed by atoms with E-state index in [0.717, 1.165) is 31.3 Å². The predicted octanol–water partition coefficient (Wildman–Crippen LogP) is 3.73. The Kier molecular flexibility index (Phi) is 7.25. The highest BCUT2D eigenvalue weighted by atomic mass is 16.2. The lowest BCUT2D eigenvalue weighted by atomic mass is 9.76. The van der Waals surface area contributed by atoms with Gasteiger partial charge >= 0.3 is 0 Å². The van der Waals surface area contributed by atoms with E-state index in [1.54, 1.807) is 0 Å². The first-order valence-electron chi connectivity index (χ1n) is 7.88. The predicted molar refractivity (Wildman–Crippen MR) is 78.8 cm³/mol. The molecule has 0 heterocycles.